The molecule has 0 aliphatic heterocycles. The van der Waals surface area contributed by atoms with E-state index in [0.29, 0.717) is 6.42 Å². The van der Waals surface area contributed by atoms with Crippen LogP contribution in [0, 0.1) is 0 Å². The van der Waals surface area contributed by atoms with Crippen LogP contribution in [0.5, 0.6) is 0 Å². The van der Waals surface area contributed by atoms with Gasteiger partial charge in [-0.1, -0.05) is 37.3 Å². The number of rotatable bonds is 8. The van der Waals surface area contributed by atoms with Gasteiger partial charge in [-0.3, -0.25) is 0 Å². The van der Waals surface area contributed by atoms with Gasteiger partial charge in [0.05, 0.1) is 0 Å². The number of nitrogens with one attached hydrogen (secondary N) is 1. The number of benzene rings is 1. The lowest BCUT2D eigenvalue weighted by Gasteiger charge is -2.29. The van der Waals surface area contributed by atoms with Gasteiger partial charge in [0.2, 0.25) is 0 Å². The molecule has 3 nitrogen and oxygen atoms in total. The fourth-order valence-electron chi connectivity index (χ4n) is 1.95. The van der Waals surface area contributed by atoms with E-state index in [1.807, 2.05) is 30.3 Å². The highest BCUT2D eigenvalue weighted by Gasteiger charge is 2.38. The Bertz CT molecular complexity index is 369. The molecule has 0 aromatic heterocycles. The molecule has 4 heteroatoms. The fraction of sp³-hybridized carbons (Fsp3) is 0.500. The van der Waals surface area contributed by atoms with Crippen molar-refractivity contribution in [3.8, 4) is 0 Å². The first-order valence-corrected chi connectivity index (χ1v) is 7.38. The predicted molar refractivity (Wildman–Crippen MR) is 77.0 cm³/mol. The predicted octanol–water partition coefficient (Wildman–Crippen LogP) is 2.72. The summed E-state index contributed by atoms with van der Waals surface area (Å²) in [7, 11) is 1.71. The van der Waals surface area contributed by atoms with E-state index in [1.54, 1.807) is 18.8 Å². The number of aliphatic carboxylic acids is 1. The van der Waals surface area contributed by atoms with E-state index in [9.17, 15) is 9.90 Å². The number of hydrogen-bond donors (Lipinski definition) is 2. The summed E-state index contributed by atoms with van der Waals surface area (Å²) in [5, 5.41) is 12.6. The topological polar surface area (TPSA) is 49.3 Å². The largest absolute Gasteiger partial charge is 0.480 e. The van der Waals surface area contributed by atoms with Gasteiger partial charge < -0.3 is 10.4 Å². The SMILES string of the molecule is CCCSCCC(NC)(C(=O)O)c1ccccc1. The van der Waals surface area contributed by atoms with E-state index in [-0.39, 0.29) is 0 Å². The number of carboxylic acids is 1. The molecule has 0 radical (unpaired) electrons. The summed E-state index contributed by atoms with van der Waals surface area (Å²) in [4.78, 5) is 11.6. The van der Waals surface area contributed by atoms with Crippen LogP contribution < -0.4 is 5.32 Å². The number of likely N-dealkylation sites (N-methyl/N-ethyl adjacent to an activating group) is 1. The Morgan fingerprint density at radius 2 is 2.00 bits per heavy atom. The van der Waals surface area contributed by atoms with Gasteiger partial charge in [0.15, 0.2) is 0 Å². The van der Waals surface area contributed by atoms with Crippen molar-refractivity contribution < 1.29 is 9.90 Å². The summed E-state index contributed by atoms with van der Waals surface area (Å²) >= 11 is 1.80. The Hall–Kier alpha value is -1.00. The first-order chi connectivity index (χ1) is 8.67. The Kier molecular flexibility index (Phi) is 6.22. The molecule has 0 spiro atoms. The minimum Gasteiger partial charge on any atom is -0.480 e. The minimum atomic E-state index is -0.970. The molecule has 1 atom stereocenters. The molecule has 0 bridgehead atoms. The third-order valence-corrected chi connectivity index (χ3v) is 4.22. The van der Waals surface area contributed by atoms with Crippen LogP contribution in [0.1, 0.15) is 25.3 Å². The molecule has 1 unspecified atom stereocenters. The molecule has 18 heavy (non-hydrogen) atoms. The monoisotopic (exact) mass is 267 g/mol. The summed E-state index contributed by atoms with van der Waals surface area (Å²) in [6.45, 7) is 2.13. The number of thioether (sulfide) groups is 1. The van der Waals surface area contributed by atoms with Gasteiger partial charge in [-0.2, -0.15) is 11.8 Å². The van der Waals surface area contributed by atoms with Gasteiger partial charge in [0.1, 0.15) is 5.54 Å². The van der Waals surface area contributed by atoms with E-state index in [2.05, 4.69) is 12.2 Å². The van der Waals surface area contributed by atoms with E-state index >= 15 is 0 Å². The van der Waals surface area contributed by atoms with Crippen molar-refractivity contribution in [2.75, 3.05) is 18.6 Å². The summed E-state index contributed by atoms with van der Waals surface area (Å²) < 4.78 is 0. The zero-order valence-corrected chi connectivity index (χ0v) is 11.8. The standard InChI is InChI=1S/C14H21NO2S/c1-3-10-18-11-9-14(15-2,13(16)17)12-7-5-4-6-8-12/h4-8,15H,3,9-11H2,1-2H3,(H,16,17). The summed E-state index contributed by atoms with van der Waals surface area (Å²) in [5.41, 5.74) is -0.153. The van der Waals surface area contributed by atoms with Crippen LogP contribution in [0.2, 0.25) is 0 Å². The third-order valence-electron chi connectivity index (χ3n) is 3.03. The number of hydrogen-bond acceptors (Lipinski definition) is 3. The molecule has 1 aromatic rings. The molecular formula is C14H21NO2S. The van der Waals surface area contributed by atoms with Gasteiger partial charge in [-0.25, -0.2) is 4.79 Å². The average Bonchev–Trinajstić information content (AvgIpc) is 2.40. The summed E-state index contributed by atoms with van der Waals surface area (Å²) in [5.74, 6) is 1.11. The minimum absolute atomic E-state index is 0.591. The van der Waals surface area contributed by atoms with Crippen LogP contribution >= 0.6 is 11.8 Å². The van der Waals surface area contributed by atoms with Crippen LogP contribution in [-0.2, 0) is 10.3 Å². The summed E-state index contributed by atoms with van der Waals surface area (Å²) in [6, 6.07) is 9.40. The molecule has 2 N–H and O–H groups in total. The molecular weight excluding hydrogens is 246 g/mol. The van der Waals surface area contributed by atoms with Crippen molar-refractivity contribution >= 4 is 17.7 Å². The van der Waals surface area contributed by atoms with E-state index in [4.69, 9.17) is 0 Å². The highest BCUT2D eigenvalue weighted by Crippen LogP contribution is 2.27. The van der Waals surface area contributed by atoms with Crippen molar-refractivity contribution in [1.82, 2.24) is 5.32 Å². The molecule has 100 valence electrons. The molecule has 0 amide bonds. The summed E-state index contributed by atoms with van der Waals surface area (Å²) in [6.07, 6.45) is 1.71. The Labute approximate surface area is 113 Å². The van der Waals surface area contributed by atoms with E-state index in [0.717, 1.165) is 23.5 Å². The molecule has 0 fully saturated rings. The highest BCUT2D eigenvalue weighted by atomic mass is 32.2. The van der Waals surface area contributed by atoms with Crippen LogP contribution in [0.25, 0.3) is 0 Å². The van der Waals surface area contributed by atoms with Gasteiger partial charge in [0, 0.05) is 0 Å². The molecule has 0 heterocycles. The Morgan fingerprint density at radius 3 is 2.50 bits per heavy atom. The van der Waals surface area contributed by atoms with Crippen molar-refractivity contribution in [3.05, 3.63) is 35.9 Å². The Morgan fingerprint density at radius 1 is 1.33 bits per heavy atom. The number of carboxylic acid groups (broad SMARTS) is 1. The first kappa shape index (κ1) is 15.1. The van der Waals surface area contributed by atoms with Crippen molar-refractivity contribution in [2.45, 2.75) is 25.3 Å². The van der Waals surface area contributed by atoms with Gasteiger partial charge >= 0.3 is 5.97 Å². The highest BCUT2D eigenvalue weighted by molar-refractivity contribution is 7.99. The molecule has 0 aliphatic rings. The quantitative estimate of drug-likeness (QED) is 0.711. The van der Waals surface area contributed by atoms with E-state index < -0.39 is 11.5 Å². The molecule has 0 saturated carbocycles. The lowest BCUT2D eigenvalue weighted by atomic mass is 9.87. The van der Waals surface area contributed by atoms with Crippen molar-refractivity contribution in [1.29, 1.82) is 0 Å². The maximum Gasteiger partial charge on any atom is 0.328 e. The number of carbonyl (C=O) groups is 1. The zero-order chi connectivity index (χ0) is 13.4. The second-order valence-corrected chi connectivity index (χ2v) is 5.41. The molecule has 1 aromatic carbocycles. The van der Waals surface area contributed by atoms with Crippen molar-refractivity contribution in [3.63, 3.8) is 0 Å². The third kappa shape index (κ3) is 3.50. The zero-order valence-electron chi connectivity index (χ0n) is 11.0. The molecule has 0 saturated heterocycles. The van der Waals surface area contributed by atoms with Crippen LogP contribution in [-0.4, -0.2) is 29.6 Å². The van der Waals surface area contributed by atoms with Gasteiger partial charge in [-0.15, -0.1) is 0 Å². The first-order valence-electron chi connectivity index (χ1n) is 6.23. The van der Waals surface area contributed by atoms with Crippen molar-refractivity contribution in [2.24, 2.45) is 0 Å². The Balaban J connectivity index is 2.85. The molecule has 1 rings (SSSR count). The second-order valence-electron chi connectivity index (χ2n) is 4.19. The lowest BCUT2D eigenvalue weighted by Crippen LogP contribution is -2.47. The normalized spacial score (nSPS) is 14.1. The van der Waals surface area contributed by atoms with E-state index in [1.165, 1.54) is 0 Å². The second kappa shape index (κ2) is 7.44. The van der Waals surface area contributed by atoms with Crippen LogP contribution in [0.4, 0.5) is 0 Å². The maximum absolute atomic E-state index is 11.6. The maximum atomic E-state index is 11.6. The van der Waals surface area contributed by atoms with Crippen LogP contribution in [0.15, 0.2) is 30.3 Å². The van der Waals surface area contributed by atoms with Gasteiger partial charge in [-0.05, 0) is 37.0 Å². The molecule has 0 aliphatic carbocycles. The average molecular weight is 267 g/mol. The van der Waals surface area contributed by atoms with Gasteiger partial charge in [0.25, 0.3) is 0 Å². The lowest BCUT2D eigenvalue weighted by molar-refractivity contribution is -0.145. The van der Waals surface area contributed by atoms with Crippen LogP contribution in [0.3, 0.4) is 0 Å². The fourth-order valence-corrected chi connectivity index (χ4v) is 2.89. The smallest absolute Gasteiger partial charge is 0.328 e.